The second-order valence-corrected chi connectivity index (χ2v) is 5.87. The van der Waals surface area contributed by atoms with Crippen molar-refractivity contribution >= 4 is 11.9 Å². The zero-order valence-corrected chi connectivity index (χ0v) is 14.6. The molecule has 128 valence electrons. The highest BCUT2D eigenvalue weighted by atomic mass is 16.5. The largest absolute Gasteiger partial charge is 0.497 e. The second-order valence-electron chi connectivity index (χ2n) is 5.87. The molecular formula is C18H24N4O2. The molecule has 0 aliphatic heterocycles. The van der Waals surface area contributed by atoms with Crippen molar-refractivity contribution in [3.63, 3.8) is 0 Å². The molecular weight excluding hydrogens is 304 g/mol. The van der Waals surface area contributed by atoms with Crippen LogP contribution in [0.25, 0.3) is 0 Å². The monoisotopic (exact) mass is 328 g/mol. The van der Waals surface area contributed by atoms with E-state index in [1.165, 1.54) is 0 Å². The molecule has 0 saturated carbocycles. The number of benzene rings is 1. The molecule has 0 unspecified atom stereocenters. The van der Waals surface area contributed by atoms with Crippen LogP contribution >= 0.6 is 0 Å². The van der Waals surface area contributed by atoms with Gasteiger partial charge in [0, 0.05) is 18.3 Å². The lowest BCUT2D eigenvalue weighted by atomic mass is 10.1. The van der Waals surface area contributed by atoms with Crippen LogP contribution in [0, 0.1) is 6.92 Å². The second kappa shape index (κ2) is 8.29. The van der Waals surface area contributed by atoms with Crippen molar-refractivity contribution in [3.8, 4) is 5.75 Å². The van der Waals surface area contributed by atoms with Crippen LogP contribution in [-0.4, -0.2) is 35.6 Å². The molecule has 1 heterocycles. The third-order valence-electron chi connectivity index (χ3n) is 3.34. The van der Waals surface area contributed by atoms with Gasteiger partial charge in [0.05, 0.1) is 7.11 Å². The minimum absolute atomic E-state index is 0.0669. The molecule has 1 aromatic carbocycles. The van der Waals surface area contributed by atoms with Gasteiger partial charge in [-0.05, 0) is 51.0 Å². The molecule has 0 atom stereocenters. The number of hydrogen-bond donors (Lipinski definition) is 2. The van der Waals surface area contributed by atoms with Crippen LogP contribution in [0.5, 0.6) is 5.75 Å². The first kappa shape index (κ1) is 17.7. The molecule has 6 nitrogen and oxygen atoms in total. The van der Waals surface area contributed by atoms with Crippen molar-refractivity contribution in [1.29, 1.82) is 0 Å². The van der Waals surface area contributed by atoms with Gasteiger partial charge in [0.2, 0.25) is 5.95 Å². The first-order valence-corrected chi connectivity index (χ1v) is 8.01. The molecule has 1 amide bonds. The lowest BCUT2D eigenvalue weighted by molar-refractivity contribution is 0.0938. The van der Waals surface area contributed by atoms with Crippen LogP contribution in [0.15, 0.2) is 30.3 Å². The summed E-state index contributed by atoms with van der Waals surface area (Å²) in [6.45, 7) is 6.35. The number of nitrogens with zero attached hydrogens (tertiary/aromatic N) is 2. The summed E-state index contributed by atoms with van der Waals surface area (Å²) in [5, 5.41) is 6.01. The van der Waals surface area contributed by atoms with Crippen molar-refractivity contribution < 1.29 is 9.53 Å². The van der Waals surface area contributed by atoms with Crippen molar-refractivity contribution in [3.05, 3.63) is 47.3 Å². The van der Waals surface area contributed by atoms with E-state index in [1.54, 1.807) is 13.2 Å². The molecule has 0 bridgehead atoms. The molecule has 2 rings (SSSR count). The van der Waals surface area contributed by atoms with Gasteiger partial charge in [-0.25, -0.2) is 9.97 Å². The fraction of sp³-hybridized carbons (Fsp3) is 0.389. The van der Waals surface area contributed by atoms with Gasteiger partial charge in [0.15, 0.2) is 0 Å². The van der Waals surface area contributed by atoms with E-state index in [4.69, 9.17) is 4.74 Å². The minimum atomic E-state index is -0.189. The minimum Gasteiger partial charge on any atom is -0.497 e. The average molecular weight is 328 g/mol. The Hall–Kier alpha value is -2.63. The zero-order chi connectivity index (χ0) is 17.5. The summed E-state index contributed by atoms with van der Waals surface area (Å²) in [6.07, 6.45) is 0.808. The van der Waals surface area contributed by atoms with E-state index < -0.39 is 0 Å². The number of ether oxygens (including phenoxy) is 1. The van der Waals surface area contributed by atoms with Gasteiger partial charge in [0.1, 0.15) is 11.4 Å². The summed E-state index contributed by atoms with van der Waals surface area (Å²) in [5.41, 5.74) is 2.29. The number of amides is 1. The van der Waals surface area contributed by atoms with Crippen LogP contribution in [0.2, 0.25) is 0 Å². The van der Waals surface area contributed by atoms with E-state index in [2.05, 4.69) is 20.6 Å². The molecule has 6 heteroatoms. The first-order valence-electron chi connectivity index (χ1n) is 8.01. The highest BCUT2D eigenvalue weighted by molar-refractivity contribution is 5.92. The number of aromatic nitrogens is 2. The Bertz CT molecular complexity index is 701. The Morgan fingerprint density at radius 3 is 2.75 bits per heavy atom. The summed E-state index contributed by atoms with van der Waals surface area (Å²) >= 11 is 0. The van der Waals surface area contributed by atoms with Gasteiger partial charge in [0.25, 0.3) is 5.91 Å². The number of carbonyl (C=O) groups excluding carboxylic acids is 1. The molecule has 1 aromatic heterocycles. The van der Waals surface area contributed by atoms with Gasteiger partial charge in [-0.2, -0.15) is 0 Å². The molecule has 0 radical (unpaired) electrons. The van der Waals surface area contributed by atoms with E-state index >= 15 is 0 Å². The maximum atomic E-state index is 12.1. The Labute approximate surface area is 142 Å². The third-order valence-corrected chi connectivity index (χ3v) is 3.34. The zero-order valence-electron chi connectivity index (χ0n) is 14.6. The Morgan fingerprint density at radius 2 is 2.04 bits per heavy atom. The van der Waals surface area contributed by atoms with Crippen LogP contribution in [0.3, 0.4) is 0 Å². The fourth-order valence-electron chi connectivity index (χ4n) is 2.25. The van der Waals surface area contributed by atoms with E-state index in [-0.39, 0.29) is 11.9 Å². The van der Waals surface area contributed by atoms with Crippen LogP contribution in [-0.2, 0) is 6.42 Å². The van der Waals surface area contributed by atoms with Crippen LogP contribution in [0.4, 0.5) is 5.95 Å². The molecule has 24 heavy (non-hydrogen) atoms. The van der Waals surface area contributed by atoms with E-state index in [9.17, 15) is 4.79 Å². The molecule has 0 aliphatic rings. The number of nitrogens with one attached hydrogen (secondary N) is 2. The Morgan fingerprint density at radius 1 is 1.25 bits per heavy atom. The summed E-state index contributed by atoms with van der Waals surface area (Å²) in [4.78, 5) is 20.7. The molecule has 2 N–H and O–H groups in total. The lowest BCUT2D eigenvalue weighted by Crippen LogP contribution is -2.31. The van der Waals surface area contributed by atoms with Gasteiger partial charge in [-0.3, -0.25) is 4.79 Å². The molecule has 2 aromatic rings. The predicted molar refractivity (Wildman–Crippen MR) is 94.6 cm³/mol. The summed E-state index contributed by atoms with van der Waals surface area (Å²) < 4.78 is 5.22. The highest BCUT2D eigenvalue weighted by Gasteiger charge is 2.11. The quantitative estimate of drug-likeness (QED) is 0.817. The Balaban J connectivity index is 1.99. The van der Waals surface area contributed by atoms with Gasteiger partial charge >= 0.3 is 0 Å². The highest BCUT2D eigenvalue weighted by Crippen LogP contribution is 2.13. The maximum Gasteiger partial charge on any atom is 0.270 e. The normalized spacial score (nSPS) is 10.5. The topological polar surface area (TPSA) is 76.1 Å². The van der Waals surface area contributed by atoms with Crippen molar-refractivity contribution in [1.82, 2.24) is 15.3 Å². The summed E-state index contributed by atoms with van der Waals surface area (Å²) in [5.74, 6) is 1.12. The number of rotatable bonds is 7. The SMILES string of the molecule is COc1cccc(CCNc2nc(C)cc(C(=O)NC(C)C)n2)c1. The summed E-state index contributed by atoms with van der Waals surface area (Å²) in [6, 6.07) is 9.68. The third kappa shape index (κ3) is 5.22. The van der Waals surface area contributed by atoms with Gasteiger partial charge in [-0.1, -0.05) is 12.1 Å². The van der Waals surface area contributed by atoms with Gasteiger partial charge < -0.3 is 15.4 Å². The van der Waals surface area contributed by atoms with Crippen LogP contribution in [0.1, 0.15) is 35.6 Å². The number of aryl methyl sites for hydroxylation is 1. The van der Waals surface area contributed by atoms with E-state index in [0.29, 0.717) is 18.2 Å². The van der Waals surface area contributed by atoms with Gasteiger partial charge in [-0.15, -0.1) is 0 Å². The molecule has 0 fully saturated rings. The standard InChI is InChI=1S/C18H24N4O2/c1-12(2)20-17(23)16-10-13(3)21-18(22-16)19-9-8-14-6-5-7-15(11-14)24-4/h5-7,10-12H,8-9H2,1-4H3,(H,20,23)(H,19,21,22). The predicted octanol–water partition coefficient (Wildman–Crippen LogP) is 2.59. The Kier molecular flexibility index (Phi) is 6.12. The molecule has 0 spiro atoms. The lowest BCUT2D eigenvalue weighted by Gasteiger charge is -2.10. The van der Waals surface area contributed by atoms with Crippen molar-refractivity contribution in [2.75, 3.05) is 19.0 Å². The smallest absolute Gasteiger partial charge is 0.270 e. The average Bonchev–Trinajstić information content (AvgIpc) is 2.54. The summed E-state index contributed by atoms with van der Waals surface area (Å²) in [7, 11) is 1.65. The number of anilines is 1. The van der Waals surface area contributed by atoms with Crippen molar-refractivity contribution in [2.24, 2.45) is 0 Å². The first-order chi connectivity index (χ1) is 11.5. The number of carbonyl (C=O) groups is 1. The van der Waals surface area contributed by atoms with E-state index in [1.807, 2.05) is 45.0 Å². The number of methoxy groups -OCH3 is 1. The van der Waals surface area contributed by atoms with E-state index in [0.717, 1.165) is 23.4 Å². The molecule has 0 aliphatic carbocycles. The maximum absolute atomic E-state index is 12.1. The van der Waals surface area contributed by atoms with Crippen LogP contribution < -0.4 is 15.4 Å². The fourth-order valence-corrected chi connectivity index (χ4v) is 2.25. The molecule has 0 saturated heterocycles. The number of hydrogen-bond acceptors (Lipinski definition) is 5. The van der Waals surface area contributed by atoms with Crippen molar-refractivity contribution in [2.45, 2.75) is 33.2 Å².